The molecule has 19 heavy (non-hydrogen) atoms. The summed E-state index contributed by atoms with van der Waals surface area (Å²) in [6, 6.07) is 4.83. The van der Waals surface area contributed by atoms with Crippen LogP contribution in [0.4, 0.5) is 0 Å². The second kappa shape index (κ2) is 5.93. The molecule has 0 aromatic heterocycles. The number of nitrogens with one attached hydrogen (secondary N) is 1. The van der Waals surface area contributed by atoms with Gasteiger partial charge in [0, 0.05) is 6.04 Å². The average molecular weight is 262 g/mol. The Morgan fingerprint density at radius 1 is 1.26 bits per heavy atom. The quantitative estimate of drug-likeness (QED) is 0.902. The number of rotatable bonds is 4. The molecule has 1 aromatic carbocycles. The minimum atomic E-state index is 0.486. The van der Waals surface area contributed by atoms with E-state index in [0.29, 0.717) is 12.0 Å². The van der Waals surface area contributed by atoms with Crippen LogP contribution < -0.4 is 10.1 Å². The lowest BCUT2D eigenvalue weighted by Gasteiger charge is -2.32. The second-order valence-electron chi connectivity index (χ2n) is 5.77. The number of benzene rings is 1. The van der Waals surface area contributed by atoms with Crippen LogP contribution >= 0.6 is 0 Å². The Labute approximate surface area is 116 Å². The fourth-order valence-corrected chi connectivity index (χ4v) is 3.26. The molecule has 2 atom stereocenters. The number of hydrogen-bond acceptors (Lipinski definition) is 3. The predicted octanol–water partition coefficient (Wildman–Crippen LogP) is 2.52. The maximum absolute atomic E-state index is 5.42. The van der Waals surface area contributed by atoms with Crippen LogP contribution in [0.3, 0.4) is 0 Å². The van der Waals surface area contributed by atoms with Crippen molar-refractivity contribution in [2.24, 2.45) is 5.92 Å². The Hall–Kier alpha value is -1.06. The van der Waals surface area contributed by atoms with Crippen LogP contribution in [-0.2, 0) is 0 Å². The number of hydrogen-bond donors (Lipinski definition) is 1. The van der Waals surface area contributed by atoms with E-state index < -0.39 is 0 Å². The predicted molar refractivity (Wildman–Crippen MR) is 79.9 cm³/mol. The maximum atomic E-state index is 5.42. The Kier molecular flexibility index (Phi) is 4.48. The summed E-state index contributed by atoms with van der Waals surface area (Å²) in [4.78, 5) is 2.35. The summed E-state index contributed by atoms with van der Waals surface area (Å²) in [5.41, 5.74) is 4.07. The van der Waals surface area contributed by atoms with Gasteiger partial charge in [0.05, 0.1) is 7.11 Å². The molecule has 0 bridgehead atoms. The Morgan fingerprint density at radius 2 is 2.00 bits per heavy atom. The van der Waals surface area contributed by atoms with Gasteiger partial charge in [-0.1, -0.05) is 6.07 Å². The first-order chi connectivity index (χ1) is 9.06. The molecule has 1 saturated heterocycles. The van der Waals surface area contributed by atoms with E-state index in [0.717, 1.165) is 18.8 Å². The van der Waals surface area contributed by atoms with Crippen molar-refractivity contribution in [3.63, 3.8) is 0 Å². The van der Waals surface area contributed by atoms with Gasteiger partial charge in [-0.2, -0.15) is 0 Å². The van der Waals surface area contributed by atoms with Crippen molar-refractivity contribution >= 4 is 0 Å². The van der Waals surface area contributed by atoms with Gasteiger partial charge in [-0.25, -0.2) is 0 Å². The molecule has 1 aliphatic rings. The molecule has 1 aromatic rings. The summed E-state index contributed by atoms with van der Waals surface area (Å²) in [6.45, 7) is 6.62. The number of nitrogens with zero attached hydrogens (tertiary/aromatic N) is 1. The molecule has 1 heterocycles. The zero-order valence-electron chi connectivity index (χ0n) is 12.8. The third kappa shape index (κ3) is 2.77. The van der Waals surface area contributed by atoms with E-state index in [1.165, 1.54) is 23.1 Å². The van der Waals surface area contributed by atoms with Crippen LogP contribution in [0.15, 0.2) is 12.1 Å². The first kappa shape index (κ1) is 14.4. The van der Waals surface area contributed by atoms with Crippen molar-refractivity contribution in [1.29, 1.82) is 0 Å². The molecule has 0 radical (unpaired) electrons. The summed E-state index contributed by atoms with van der Waals surface area (Å²) in [5.74, 6) is 1.68. The van der Waals surface area contributed by atoms with E-state index in [1.807, 2.05) is 0 Å². The van der Waals surface area contributed by atoms with Gasteiger partial charge in [-0.05, 0) is 76.1 Å². The first-order valence-electron chi connectivity index (χ1n) is 7.07. The molecular weight excluding hydrogens is 236 g/mol. The van der Waals surface area contributed by atoms with Gasteiger partial charge in [0.25, 0.3) is 0 Å². The van der Waals surface area contributed by atoms with Gasteiger partial charge >= 0.3 is 0 Å². The molecule has 106 valence electrons. The third-order valence-electron chi connectivity index (χ3n) is 4.42. The lowest BCUT2D eigenvalue weighted by molar-refractivity contribution is 0.222. The zero-order chi connectivity index (χ0) is 14.0. The molecule has 1 N–H and O–H groups in total. The highest BCUT2D eigenvalue weighted by Crippen LogP contribution is 2.35. The molecule has 0 spiro atoms. The normalized spacial score (nSPS) is 20.8. The van der Waals surface area contributed by atoms with Gasteiger partial charge in [0.15, 0.2) is 0 Å². The lowest BCUT2D eigenvalue weighted by atomic mass is 9.87. The molecule has 1 fully saturated rings. The van der Waals surface area contributed by atoms with Crippen molar-refractivity contribution < 1.29 is 4.74 Å². The highest BCUT2D eigenvalue weighted by atomic mass is 16.5. The van der Waals surface area contributed by atoms with Crippen LogP contribution in [0, 0.1) is 19.8 Å². The third-order valence-corrected chi connectivity index (χ3v) is 4.42. The Balaban J connectivity index is 2.39. The van der Waals surface area contributed by atoms with E-state index >= 15 is 0 Å². The van der Waals surface area contributed by atoms with E-state index in [1.54, 1.807) is 7.11 Å². The van der Waals surface area contributed by atoms with E-state index in [2.05, 4.69) is 50.3 Å². The lowest BCUT2D eigenvalue weighted by Crippen LogP contribution is -2.29. The van der Waals surface area contributed by atoms with Crippen LogP contribution in [0.2, 0.25) is 0 Å². The smallest absolute Gasteiger partial charge is 0.122 e. The fraction of sp³-hybridized carbons (Fsp3) is 0.625. The van der Waals surface area contributed by atoms with Gasteiger partial charge < -0.3 is 15.0 Å². The molecular formula is C16H26N2O. The topological polar surface area (TPSA) is 24.5 Å². The SMILES string of the molecule is COc1ccc(C(C2CCNC2)N(C)C)c(C)c1C. The highest BCUT2D eigenvalue weighted by molar-refractivity contribution is 5.45. The monoisotopic (exact) mass is 262 g/mol. The van der Waals surface area contributed by atoms with Crippen LogP contribution in [-0.4, -0.2) is 39.2 Å². The highest BCUT2D eigenvalue weighted by Gasteiger charge is 2.29. The largest absolute Gasteiger partial charge is 0.496 e. The Bertz CT molecular complexity index is 437. The summed E-state index contributed by atoms with van der Waals surface area (Å²) < 4.78 is 5.42. The average Bonchev–Trinajstić information content (AvgIpc) is 2.88. The molecule has 2 unspecified atom stereocenters. The summed E-state index contributed by atoms with van der Waals surface area (Å²) in [6.07, 6.45) is 1.26. The number of methoxy groups -OCH3 is 1. The van der Waals surface area contributed by atoms with Crippen LogP contribution in [0.5, 0.6) is 5.75 Å². The maximum Gasteiger partial charge on any atom is 0.122 e. The van der Waals surface area contributed by atoms with Crippen molar-refractivity contribution in [3.05, 3.63) is 28.8 Å². The molecule has 0 saturated carbocycles. The van der Waals surface area contributed by atoms with Crippen molar-refractivity contribution in [3.8, 4) is 5.75 Å². The van der Waals surface area contributed by atoms with Crippen LogP contribution in [0.1, 0.15) is 29.2 Å². The standard InChI is InChI=1S/C16H26N2O/c1-11-12(2)15(19-5)7-6-14(11)16(18(3)4)13-8-9-17-10-13/h6-7,13,16-17H,8-10H2,1-5H3. The van der Waals surface area contributed by atoms with E-state index in [-0.39, 0.29) is 0 Å². The summed E-state index contributed by atoms with van der Waals surface area (Å²) in [5, 5.41) is 3.48. The zero-order valence-corrected chi connectivity index (χ0v) is 12.8. The minimum absolute atomic E-state index is 0.486. The van der Waals surface area contributed by atoms with E-state index in [9.17, 15) is 0 Å². The molecule has 0 aliphatic carbocycles. The molecule has 1 aliphatic heterocycles. The van der Waals surface area contributed by atoms with Gasteiger partial charge in [0.1, 0.15) is 5.75 Å². The minimum Gasteiger partial charge on any atom is -0.496 e. The van der Waals surface area contributed by atoms with Gasteiger partial charge in [-0.15, -0.1) is 0 Å². The Morgan fingerprint density at radius 3 is 2.53 bits per heavy atom. The second-order valence-corrected chi connectivity index (χ2v) is 5.77. The summed E-state index contributed by atoms with van der Waals surface area (Å²) in [7, 11) is 6.11. The molecule has 2 rings (SSSR count). The fourth-order valence-electron chi connectivity index (χ4n) is 3.26. The van der Waals surface area contributed by atoms with Gasteiger partial charge in [0.2, 0.25) is 0 Å². The van der Waals surface area contributed by atoms with Crippen molar-refractivity contribution in [2.75, 3.05) is 34.3 Å². The molecule has 3 heteroatoms. The first-order valence-corrected chi connectivity index (χ1v) is 7.07. The van der Waals surface area contributed by atoms with Crippen molar-refractivity contribution in [1.82, 2.24) is 10.2 Å². The summed E-state index contributed by atoms with van der Waals surface area (Å²) >= 11 is 0. The van der Waals surface area contributed by atoms with E-state index in [4.69, 9.17) is 4.74 Å². The van der Waals surface area contributed by atoms with Gasteiger partial charge in [-0.3, -0.25) is 0 Å². The van der Waals surface area contributed by atoms with Crippen LogP contribution in [0.25, 0.3) is 0 Å². The van der Waals surface area contributed by atoms with Crippen molar-refractivity contribution in [2.45, 2.75) is 26.3 Å². The molecule has 3 nitrogen and oxygen atoms in total. The number of ether oxygens (including phenoxy) is 1. The molecule has 0 amide bonds.